The Bertz CT molecular complexity index is 1120. The van der Waals surface area contributed by atoms with Gasteiger partial charge in [0.2, 0.25) is 0 Å². The summed E-state index contributed by atoms with van der Waals surface area (Å²) < 4.78 is 7.33. The van der Waals surface area contributed by atoms with Crippen LogP contribution in [0.15, 0.2) is 71.8 Å². The highest BCUT2D eigenvalue weighted by Crippen LogP contribution is 2.22. The van der Waals surface area contributed by atoms with E-state index in [1.54, 1.807) is 25.5 Å². The molecule has 28 heavy (non-hydrogen) atoms. The van der Waals surface area contributed by atoms with Gasteiger partial charge in [-0.15, -0.1) is 0 Å². The van der Waals surface area contributed by atoms with Crippen molar-refractivity contribution in [3.63, 3.8) is 0 Å². The number of aliphatic hydroxyl groups is 1. The molecule has 0 spiro atoms. The molecule has 0 saturated heterocycles. The van der Waals surface area contributed by atoms with Crippen molar-refractivity contribution in [1.29, 1.82) is 0 Å². The first-order chi connectivity index (χ1) is 13.7. The maximum Gasteiger partial charge on any atom is 0.167 e. The monoisotopic (exact) mass is 370 g/mol. The Labute approximate surface area is 162 Å². The quantitative estimate of drug-likeness (QED) is 0.557. The van der Waals surface area contributed by atoms with Gasteiger partial charge in [-0.25, -0.2) is 4.98 Å². The lowest BCUT2D eigenvalue weighted by molar-refractivity contribution is 0.184. The van der Waals surface area contributed by atoms with E-state index in [0.29, 0.717) is 18.1 Å². The van der Waals surface area contributed by atoms with Gasteiger partial charge in [0, 0.05) is 47.5 Å². The smallest absolute Gasteiger partial charge is 0.167 e. The Morgan fingerprint density at radius 2 is 1.75 bits per heavy atom. The molecular weight excluding hydrogens is 352 g/mol. The molecule has 0 aliphatic carbocycles. The first kappa shape index (κ1) is 17.7. The Kier molecular flexibility index (Phi) is 5.00. The molecular formula is C22H18N4O2. The highest BCUT2D eigenvalue weighted by atomic mass is 16.5. The maximum absolute atomic E-state index is 9.76. The molecule has 6 heteroatoms. The van der Waals surface area contributed by atoms with Crippen molar-refractivity contribution in [3.05, 3.63) is 89.9 Å². The molecule has 0 aliphatic heterocycles. The molecule has 1 N–H and O–H groups in total. The molecule has 0 radical (unpaired) electrons. The predicted octanol–water partition coefficient (Wildman–Crippen LogP) is 3.43. The minimum Gasteiger partial charge on any atom is -0.385 e. The van der Waals surface area contributed by atoms with E-state index >= 15 is 0 Å². The normalized spacial score (nSPS) is 11.6. The van der Waals surface area contributed by atoms with E-state index in [1.807, 2.05) is 53.2 Å². The van der Waals surface area contributed by atoms with E-state index < -0.39 is 6.10 Å². The summed E-state index contributed by atoms with van der Waals surface area (Å²) in [5, 5.41) is 13.9. The molecule has 1 aromatic carbocycles. The average Bonchev–Trinajstić information content (AvgIpc) is 3.38. The highest BCUT2D eigenvalue weighted by Gasteiger charge is 2.12. The zero-order valence-corrected chi connectivity index (χ0v) is 15.3. The summed E-state index contributed by atoms with van der Waals surface area (Å²) in [7, 11) is 0. The number of hydrogen-bond acceptors (Lipinski definition) is 5. The molecule has 138 valence electrons. The second-order valence-electron chi connectivity index (χ2n) is 6.34. The minimum absolute atomic E-state index is 0.485. The Balaban J connectivity index is 1.48. The standard InChI is InChI=1S/C22H18N4O2/c1-16(27)22-24-12-13-26(22)15-20-14-21(28-25-20)19-6-4-17(5-7-19)2-3-18-8-10-23-11-9-18/h4-14,16,27H,15H2,1H3. The number of aliphatic hydroxyl groups excluding tert-OH is 1. The molecule has 0 aliphatic rings. The fraction of sp³-hybridized carbons (Fsp3) is 0.136. The van der Waals surface area contributed by atoms with Gasteiger partial charge in [-0.2, -0.15) is 0 Å². The van der Waals surface area contributed by atoms with Gasteiger partial charge in [0.1, 0.15) is 17.6 Å². The fourth-order valence-electron chi connectivity index (χ4n) is 2.82. The molecule has 1 unspecified atom stereocenters. The summed E-state index contributed by atoms with van der Waals surface area (Å²) in [5.74, 6) is 7.52. The highest BCUT2D eigenvalue weighted by molar-refractivity contribution is 5.59. The van der Waals surface area contributed by atoms with Crippen LogP contribution in [0, 0.1) is 11.8 Å². The lowest BCUT2D eigenvalue weighted by Crippen LogP contribution is -2.07. The summed E-state index contributed by atoms with van der Waals surface area (Å²) >= 11 is 0. The third-order valence-electron chi connectivity index (χ3n) is 4.21. The molecule has 3 aromatic heterocycles. The van der Waals surface area contributed by atoms with E-state index in [4.69, 9.17) is 4.52 Å². The lowest BCUT2D eigenvalue weighted by atomic mass is 10.1. The first-order valence-electron chi connectivity index (χ1n) is 8.86. The van der Waals surface area contributed by atoms with E-state index in [0.717, 1.165) is 22.4 Å². The number of aromatic nitrogens is 4. The number of pyridine rings is 1. The largest absolute Gasteiger partial charge is 0.385 e. The molecule has 0 amide bonds. The van der Waals surface area contributed by atoms with Crippen molar-refractivity contribution in [1.82, 2.24) is 19.7 Å². The molecule has 0 fully saturated rings. The second-order valence-corrected chi connectivity index (χ2v) is 6.34. The number of imidazole rings is 1. The van der Waals surface area contributed by atoms with Crippen LogP contribution in [0.2, 0.25) is 0 Å². The Morgan fingerprint density at radius 3 is 2.46 bits per heavy atom. The predicted molar refractivity (Wildman–Crippen MR) is 104 cm³/mol. The van der Waals surface area contributed by atoms with E-state index in [2.05, 4.69) is 27.0 Å². The topological polar surface area (TPSA) is 77.0 Å². The summed E-state index contributed by atoms with van der Waals surface area (Å²) in [6, 6.07) is 13.5. The van der Waals surface area contributed by atoms with Crippen LogP contribution in [-0.2, 0) is 6.54 Å². The van der Waals surface area contributed by atoms with E-state index in [-0.39, 0.29) is 0 Å². The SMILES string of the molecule is CC(O)c1nccn1Cc1cc(-c2ccc(C#Cc3ccncc3)cc2)on1. The summed E-state index contributed by atoms with van der Waals surface area (Å²) in [6.07, 6.45) is 6.29. The van der Waals surface area contributed by atoms with Crippen molar-refractivity contribution >= 4 is 0 Å². The summed E-state index contributed by atoms with van der Waals surface area (Å²) in [4.78, 5) is 8.15. The van der Waals surface area contributed by atoms with Crippen LogP contribution in [0.5, 0.6) is 0 Å². The molecule has 0 saturated carbocycles. The van der Waals surface area contributed by atoms with Crippen molar-refractivity contribution in [3.8, 4) is 23.2 Å². The zero-order valence-electron chi connectivity index (χ0n) is 15.3. The van der Waals surface area contributed by atoms with Crippen LogP contribution in [0.3, 0.4) is 0 Å². The zero-order chi connectivity index (χ0) is 19.3. The van der Waals surface area contributed by atoms with E-state index in [1.165, 1.54) is 0 Å². The van der Waals surface area contributed by atoms with Crippen molar-refractivity contribution in [2.24, 2.45) is 0 Å². The third-order valence-corrected chi connectivity index (χ3v) is 4.21. The summed E-state index contributed by atoms with van der Waals surface area (Å²) in [6.45, 7) is 2.17. The molecule has 0 bridgehead atoms. The number of nitrogens with zero attached hydrogens (tertiary/aromatic N) is 4. The van der Waals surface area contributed by atoms with Crippen molar-refractivity contribution in [2.75, 3.05) is 0 Å². The van der Waals surface area contributed by atoms with Gasteiger partial charge in [-0.05, 0) is 43.3 Å². The van der Waals surface area contributed by atoms with Gasteiger partial charge in [-0.1, -0.05) is 17.0 Å². The number of rotatable bonds is 4. The Hall–Kier alpha value is -3.69. The third kappa shape index (κ3) is 4.00. The number of benzene rings is 1. The van der Waals surface area contributed by atoms with E-state index in [9.17, 15) is 5.11 Å². The van der Waals surface area contributed by atoms with Crippen LogP contribution >= 0.6 is 0 Å². The van der Waals surface area contributed by atoms with Gasteiger partial charge in [0.25, 0.3) is 0 Å². The van der Waals surface area contributed by atoms with Gasteiger partial charge in [-0.3, -0.25) is 4.98 Å². The van der Waals surface area contributed by atoms with Gasteiger partial charge < -0.3 is 14.2 Å². The van der Waals surface area contributed by atoms with Crippen LogP contribution in [0.4, 0.5) is 0 Å². The number of hydrogen-bond donors (Lipinski definition) is 1. The average molecular weight is 370 g/mol. The van der Waals surface area contributed by atoms with Crippen LogP contribution in [-0.4, -0.2) is 24.8 Å². The van der Waals surface area contributed by atoms with Crippen LogP contribution in [0.1, 0.15) is 35.7 Å². The molecule has 3 heterocycles. The van der Waals surface area contributed by atoms with Crippen LogP contribution < -0.4 is 0 Å². The van der Waals surface area contributed by atoms with Crippen LogP contribution in [0.25, 0.3) is 11.3 Å². The fourth-order valence-corrected chi connectivity index (χ4v) is 2.82. The lowest BCUT2D eigenvalue weighted by Gasteiger charge is -2.07. The van der Waals surface area contributed by atoms with Crippen molar-refractivity contribution < 1.29 is 9.63 Å². The van der Waals surface area contributed by atoms with Crippen molar-refractivity contribution in [2.45, 2.75) is 19.6 Å². The first-order valence-corrected chi connectivity index (χ1v) is 8.86. The Morgan fingerprint density at radius 1 is 1.04 bits per heavy atom. The van der Waals surface area contributed by atoms with Gasteiger partial charge in [0.05, 0.1) is 6.54 Å². The molecule has 4 aromatic rings. The minimum atomic E-state index is -0.637. The molecule has 1 atom stereocenters. The van der Waals surface area contributed by atoms with Gasteiger partial charge >= 0.3 is 0 Å². The summed E-state index contributed by atoms with van der Waals surface area (Å²) in [5.41, 5.74) is 3.53. The second kappa shape index (κ2) is 7.91. The maximum atomic E-state index is 9.76. The molecule has 4 rings (SSSR count). The van der Waals surface area contributed by atoms with Gasteiger partial charge in [0.15, 0.2) is 5.76 Å². The molecule has 6 nitrogen and oxygen atoms in total.